The molecule has 5 aromatic carbocycles. The molecule has 0 saturated heterocycles. The molecule has 2 aliphatic rings. The van der Waals surface area contributed by atoms with Gasteiger partial charge in [0.25, 0.3) is 23.6 Å². The van der Waals surface area contributed by atoms with Gasteiger partial charge in [-0.25, -0.2) is 0 Å². The molecule has 0 saturated carbocycles. The number of amides is 4. The highest BCUT2D eigenvalue weighted by Crippen LogP contribution is 2.46. The molecule has 5 aromatic rings. The van der Waals surface area contributed by atoms with Crippen LogP contribution in [0.15, 0.2) is 48.5 Å². The molecule has 0 spiro atoms. The summed E-state index contributed by atoms with van der Waals surface area (Å²) in [6.07, 6.45) is 5.99. The molecule has 0 N–H and O–H groups in total. The second kappa shape index (κ2) is 11.5. The molecule has 230 valence electrons. The van der Waals surface area contributed by atoms with E-state index in [2.05, 4.69) is 25.7 Å². The van der Waals surface area contributed by atoms with Gasteiger partial charge in [-0.3, -0.25) is 29.0 Å². The Morgan fingerprint density at radius 2 is 0.844 bits per heavy atom. The second-order valence-corrected chi connectivity index (χ2v) is 12.6. The molecule has 0 aromatic heterocycles. The minimum absolute atomic E-state index is 0.239. The van der Waals surface area contributed by atoms with Crippen molar-refractivity contribution in [3.05, 3.63) is 70.8 Å². The van der Waals surface area contributed by atoms with Crippen LogP contribution in [0.3, 0.4) is 0 Å². The number of imide groups is 2. The van der Waals surface area contributed by atoms with Crippen LogP contribution in [0.5, 0.6) is 0 Å². The van der Waals surface area contributed by atoms with Gasteiger partial charge in [0.2, 0.25) is 0 Å². The molecule has 2 heterocycles. The first-order valence-electron chi connectivity index (χ1n) is 16.6. The molecule has 0 atom stereocenters. The summed E-state index contributed by atoms with van der Waals surface area (Å²) in [6.45, 7) is 9.72. The van der Waals surface area contributed by atoms with Gasteiger partial charge < -0.3 is 4.90 Å². The van der Waals surface area contributed by atoms with Crippen molar-refractivity contribution >= 4 is 66.7 Å². The van der Waals surface area contributed by atoms with Gasteiger partial charge in [0.15, 0.2) is 0 Å². The number of nitrogens with zero attached hydrogens (tertiary/aromatic N) is 3. The van der Waals surface area contributed by atoms with E-state index >= 15 is 0 Å². The maximum Gasteiger partial charge on any atom is 0.261 e. The Labute approximate surface area is 263 Å². The summed E-state index contributed by atoms with van der Waals surface area (Å²) < 4.78 is 0. The van der Waals surface area contributed by atoms with E-state index in [1.165, 1.54) is 9.80 Å². The van der Waals surface area contributed by atoms with Crippen molar-refractivity contribution < 1.29 is 19.2 Å². The van der Waals surface area contributed by atoms with Crippen molar-refractivity contribution in [2.24, 2.45) is 0 Å². The van der Waals surface area contributed by atoms with E-state index < -0.39 is 0 Å². The number of hydrogen-bond donors (Lipinski definition) is 0. The molecule has 2 aliphatic heterocycles. The quantitative estimate of drug-likeness (QED) is 0.0636. The lowest BCUT2D eigenvalue weighted by Gasteiger charge is -2.31. The Bertz CT molecular complexity index is 1900. The third kappa shape index (κ3) is 4.43. The van der Waals surface area contributed by atoms with Gasteiger partial charge in [-0.1, -0.05) is 64.3 Å². The first kappa shape index (κ1) is 29.4. The molecule has 7 rings (SSSR count). The maximum absolute atomic E-state index is 13.9. The number of unbranched alkanes of at least 4 members (excludes halogenated alkanes) is 3. The van der Waals surface area contributed by atoms with Gasteiger partial charge >= 0.3 is 0 Å². The molecule has 0 radical (unpaired) electrons. The van der Waals surface area contributed by atoms with Crippen LogP contribution in [0.25, 0.3) is 43.1 Å². The Morgan fingerprint density at radius 1 is 0.444 bits per heavy atom. The van der Waals surface area contributed by atoms with E-state index in [4.69, 9.17) is 0 Å². The normalized spacial score (nSPS) is 14.9. The lowest BCUT2D eigenvalue weighted by molar-refractivity contribution is 0.0583. The average Bonchev–Trinajstić information content (AvgIpc) is 3.05. The summed E-state index contributed by atoms with van der Waals surface area (Å²) in [5.41, 5.74) is 2.19. The van der Waals surface area contributed by atoms with Crippen LogP contribution < -0.4 is 0 Å². The van der Waals surface area contributed by atoms with Crippen LogP contribution in [0, 0.1) is 0 Å². The van der Waals surface area contributed by atoms with E-state index in [1.807, 2.05) is 48.5 Å². The molecule has 7 nitrogen and oxygen atoms in total. The summed E-state index contributed by atoms with van der Waals surface area (Å²) in [5.74, 6) is -0.987. The molecule has 0 fully saturated rings. The predicted molar refractivity (Wildman–Crippen MR) is 180 cm³/mol. The first-order chi connectivity index (χ1) is 21.9. The minimum Gasteiger partial charge on any atom is -0.302 e. The summed E-state index contributed by atoms with van der Waals surface area (Å²) in [7, 11) is 0. The molecular formula is C38H39N3O4. The summed E-state index contributed by atoms with van der Waals surface area (Å²) in [5, 5.41) is 6.81. The largest absolute Gasteiger partial charge is 0.302 e. The molecular weight excluding hydrogens is 562 g/mol. The first-order valence-corrected chi connectivity index (χ1v) is 16.6. The van der Waals surface area contributed by atoms with Crippen molar-refractivity contribution in [1.29, 1.82) is 0 Å². The van der Waals surface area contributed by atoms with E-state index in [1.54, 1.807) is 0 Å². The van der Waals surface area contributed by atoms with Crippen LogP contribution in [0.2, 0.25) is 0 Å². The third-order valence-corrected chi connectivity index (χ3v) is 9.76. The summed E-state index contributed by atoms with van der Waals surface area (Å²) in [6, 6.07) is 15.2. The topological polar surface area (TPSA) is 78.0 Å². The van der Waals surface area contributed by atoms with Crippen LogP contribution >= 0.6 is 0 Å². The van der Waals surface area contributed by atoms with Crippen LogP contribution in [0.1, 0.15) is 101 Å². The van der Waals surface area contributed by atoms with Crippen molar-refractivity contribution in [2.75, 3.05) is 32.7 Å². The zero-order chi connectivity index (χ0) is 31.4. The fourth-order valence-corrected chi connectivity index (χ4v) is 7.68. The molecule has 45 heavy (non-hydrogen) atoms. The van der Waals surface area contributed by atoms with Gasteiger partial charge in [0.05, 0.1) is 0 Å². The van der Waals surface area contributed by atoms with Gasteiger partial charge in [-0.15, -0.1) is 0 Å². The van der Waals surface area contributed by atoms with Crippen LogP contribution in [-0.4, -0.2) is 71.1 Å². The lowest BCUT2D eigenvalue weighted by Crippen LogP contribution is -2.45. The fraction of sp³-hybridized carbons (Fsp3) is 0.368. The summed E-state index contributed by atoms with van der Waals surface area (Å²) in [4.78, 5) is 60.2. The summed E-state index contributed by atoms with van der Waals surface area (Å²) >= 11 is 0. The number of carbonyl (C=O) groups is 4. The number of rotatable bonds is 12. The monoisotopic (exact) mass is 601 g/mol. The van der Waals surface area contributed by atoms with E-state index in [0.29, 0.717) is 52.7 Å². The number of hydrogen-bond acceptors (Lipinski definition) is 5. The van der Waals surface area contributed by atoms with Gasteiger partial charge in [0, 0.05) is 52.7 Å². The zero-order valence-electron chi connectivity index (χ0n) is 26.4. The Kier molecular flexibility index (Phi) is 7.52. The smallest absolute Gasteiger partial charge is 0.261 e. The highest BCUT2D eigenvalue weighted by atomic mass is 16.2. The van der Waals surface area contributed by atoms with E-state index in [9.17, 15) is 19.2 Å². The molecule has 7 heteroatoms. The van der Waals surface area contributed by atoms with Crippen molar-refractivity contribution in [2.45, 2.75) is 59.3 Å². The predicted octanol–water partition coefficient (Wildman–Crippen LogP) is 7.63. The molecule has 0 unspecified atom stereocenters. The second-order valence-electron chi connectivity index (χ2n) is 12.6. The zero-order valence-corrected chi connectivity index (χ0v) is 26.4. The number of benzene rings is 5. The maximum atomic E-state index is 13.9. The van der Waals surface area contributed by atoms with Gasteiger partial charge in [0.1, 0.15) is 0 Å². The Morgan fingerprint density at radius 3 is 1.22 bits per heavy atom. The Balaban J connectivity index is 1.35. The fourth-order valence-electron chi connectivity index (χ4n) is 7.68. The third-order valence-electron chi connectivity index (χ3n) is 9.76. The standard InChI is InChI=1S/C38H39N3O4/c1-4-7-8-9-20-40-35(42)27-14-10-23-25-12-16-29-34-30(38(45)41(37(29)44)22-21-39(18-5-2)19-6-3)17-13-26(32(25)34)24-11-15-28(36(40)43)33(27)31(23)24/h10-17H,4-9,18-22H2,1-3H3. The SMILES string of the molecule is CCCCCCN1C(=O)c2ccc3c4ccc5c6c(ccc(c7ccc(c2c37)C1=O)c64)C(=O)N(CCN(CCC)CCC)C5=O. The number of fused-ring (bicyclic) bond motifs is 2. The number of carbonyl (C=O) groups excluding carboxylic acids is 4. The lowest BCUT2D eigenvalue weighted by atomic mass is 9.82. The van der Waals surface area contributed by atoms with Crippen LogP contribution in [0.4, 0.5) is 0 Å². The van der Waals surface area contributed by atoms with Crippen LogP contribution in [-0.2, 0) is 0 Å². The minimum atomic E-state index is -0.254. The highest BCUT2D eigenvalue weighted by Gasteiger charge is 2.36. The molecule has 0 bridgehead atoms. The Hall–Kier alpha value is -4.36. The van der Waals surface area contributed by atoms with Gasteiger partial charge in [-0.05, 0) is 88.9 Å². The average molecular weight is 602 g/mol. The van der Waals surface area contributed by atoms with E-state index in [0.717, 1.165) is 83.9 Å². The van der Waals surface area contributed by atoms with Crippen molar-refractivity contribution in [1.82, 2.24) is 14.7 Å². The molecule has 4 amide bonds. The highest BCUT2D eigenvalue weighted by molar-refractivity contribution is 6.41. The van der Waals surface area contributed by atoms with Gasteiger partial charge in [-0.2, -0.15) is 0 Å². The van der Waals surface area contributed by atoms with Crippen molar-refractivity contribution in [3.8, 4) is 0 Å². The van der Waals surface area contributed by atoms with E-state index in [-0.39, 0.29) is 23.6 Å². The van der Waals surface area contributed by atoms with Crippen molar-refractivity contribution in [3.63, 3.8) is 0 Å². The molecule has 0 aliphatic carbocycles.